The zero-order valence-electron chi connectivity index (χ0n) is 22.4. The van der Waals surface area contributed by atoms with Gasteiger partial charge in [-0.25, -0.2) is 8.42 Å². The van der Waals surface area contributed by atoms with Gasteiger partial charge in [0, 0.05) is 20.2 Å². The summed E-state index contributed by atoms with van der Waals surface area (Å²) in [5, 5.41) is 10.6. The largest absolute Gasteiger partial charge is 0.490 e. The van der Waals surface area contributed by atoms with E-state index >= 15 is 0 Å². The zero-order chi connectivity index (χ0) is 29.0. The summed E-state index contributed by atoms with van der Waals surface area (Å²) in [6, 6.07) is 6.71. The van der Waals surface area contributed by atoms with Crippen molar-refractivity contribution in [2.75, 3.05) is 46.6 Å². The number of aliphatic carboxylic acids is 1. The summed E-state index contributed by atoms with van der Waals surface area (Å²) >= 11 is 0. The van der Waals surface area contributed by atoms with Gasteiger partial charge in [-0.1, -0.05) is 6.07 Å². The van der Waals surface area contributed by atoms with E-state index in [1.165, 1.54) is 19.2 Å². The average molecular weight is 568 g/mol. The van der Waals surface area contributed by atoms with Crippen LogP contribution < -0.4 is 25.7 Å². The van der Waals surface area contributed by atoms with Gasteiger partial charge in [-0.2, -0.15) is 4.72 Å². The molecule has 13 nitrogen and oxygen atoms in total. The third kappa shape index (κ3) is 9.57. The van der Waals surface area contributed by atoms with Crippen molar-refractivity contribution in [1.82, 2.24) is 9.62 Å². The van der Waals surface area contributed by atoms with Crippen LogP contribution >= 0.6 is 0 Å². The van der Waals surface area contributed by atoms with Crippen molar-refractivity contribution in [3.63, 3.8) is 0 Å². The minimum Gasteiger partial charge on any atom is -0.490 e. The number of aliphatic imine (C=N–C) groups is 1. The van der Waals surface area contributed by atoms with E-state index in [-0.39, 0.29) is 43.4 Å². The molecule has 6 N–H and O–H groups in total. The van der Waals surface area contributed by atoms with Gasteiger partial charge < -0.3 is 35.7 Å². The molecule has 0 bridgehead atoms. The van der Waals surface area contributed by atoms with Gasteiger partial charge in [0.15, 0.2) is 17.5 Å². The fraction of sp³-hybridized carbons (Fsp3) is 0.480. The molecular weight excluding hydrogens is 530 g/mol. The van der Waals surface area contributed by atoms with Crippen LogP contribution in [0.1, 0.15) is 26.7 Å². The molecule has 0 fully saturated rings. The second kappa shape index (κ2) is 15.1. The number of nitrogens with one attached hydrogen (secondary N) is 1. The molecule has 0 aromatic heterocycles. The van der Waals surface area contributed by atoms with Crippen molar-refractivity contribution in [2.45, 2.75) is 37.6 Å². The predicted octanol–water partition coefficient (Wildman–Crippen LogP) is 0.897. The first-order chi connectivity index (χ1) is 18.5. The van der Waals surface area contributed by atoms with Gasteiger partial charge in [0.25, 0.3) is 0 Å². The topological polar surface area (TPSA) is 196 Å². The number of guanidine groups is 1. The quantitative estimate of drug-likeness (QED) is 0.121. The van der Waals surface area contributed by atoms with Crippen molar-refractivity contribution in [2.24, 2.45) is 16.5 Å². The zero-order valence-corrected chi connectivity index (χ0v) is 23.2. The molecule has 0 spiro atoms. The molecule has 2 aromatic rings. The van der Waals surface area contributed by atoms with Gasteiger partial charge >= 0.3 is 5.97 Å². The fourth-order valence-electron chi connectivity index (χ4n) is 3.78. The van der Waals surface area contributed by atoms with Crippen molar-refractivity contribution >= 4 is 38.6 Å². The second-order valence-corrected chi connectivity index (χ2v) is 10.2. The maximum atomic E-state index is 13.4. The molecule has 0 aliphatic heterocycles. The van der Waals surface area contributed by atoms with E-state index in [9.17, 15) is 23.1 Å². The Bertz CT molecular complexity index is 1260. The average Bonchev–Trinajstić information content (AvgIpc) is 2.87. The van der Waals surface area contributed by atoms with Crippen LogP contribution in [-0.2, 0) is 24.3 Å². The maximum absolute atomic E-state index is 13.4. The second-order valence-electron chi connectivity index (χ2n) is 8.44. The Kier molecular flexibility index (Phi) is 12.2. The number of methoxy groups -OCH3 is 1. The molecule has 39 heavy (non-hydrogen) atoms. The number of nitrogens with zero attached hydrogens (tertiary/aromatic N) is 2. The third-order valence-corrected chi connectivity index (χ3v) is 7.00. The van der Waals surface area contributed by atoms with Crippen molar-refractivity contribution in [3.05, 3.63) is 30.3 Å². The van der Waals surface area contributed by atoms with Crippen LogP contribution in [0.3, 0.4) is 0 Å². The number of benzene rings is 2. The van der Waals surface area contributed by atoms with E-state index in [0.717, 1.165) is 10.3 Å². The molecule has 1 unspecified atom stereocenters. The molecule has 2 aromatic carbocycles. The summed E-state index contributed by atoms with van der Waals surface area (Å²) in [4.78, 5) is 29.5. The number of nitrogens with two attached hydrogens (primary N) is 2. The molecule has 0 heterocycles. The fourth-order valence-corrected chi connectivity index (χ4v) is 5.04. The summed E-state index contributed by atoms with van der Waals surface area (Å²) in [7, 11) is -2.80. The number of amides is 1. The van der Waals surface area contributed by atoms with Crippen LogP contribution in [0, 0.1) is 0 Å². The normalized spacial score (nSPS) is 12.1. The summed E-state index contributed by atoms with van der Waals surface area (Å²) in [6.45, 7) is 4.08. The van der Waals surface area contributed by atoms with Crippen LogP contribution in [0.5, 0.6) is 11.5 Å². The van der Waals surface area contributed by atoms with E-state index in [1.807, 2.05) is 13.8 Å². The Morgan fingerprint density at radius 2 is 1.72 bits per heavy atom. The van der Waals surface area contributed by atoms with E-state index in [4.69, 9.17) is 25.7 Å². The number of hydrogen-bond acceptors (Lipinski definition) is 8. The SMILES string of the molecule is CCOc1cc2ccc(S(=O)(=O)NC(CCCN=C(N)N)C(=O)N(CCOC)CC(=O)O)cc2cc1OCC. The van der Waals surface area contributed by atoms with Gasteiger partial charge in [0.2, 0.25) is 15.9 Å². The first kappa shape index (κ1) is 31.6. The molecule has 0 radical (unpaired) electrons. The summed E-state index contributed by atoms with van der Waals surface area (Å²) in [5.74, 6) is -1.07. The van der Waals surface area contributed by atoms with Gasteiger partial charge in [-0.05, 0) is 61.7 Å². The molecular formula is C25H37N5O8S. The monoisotopic (exact) mass is 567 g/mol. The highest BCUT2D eigenvalue weighted by atomic mass is 32.2. The van der Waals surface area contributed by atoms with Gasteiger partial charge in [-0.3, -0.25) is 14.6 Å². The Labute approximate surface area is 228 Å². The Hall–Kier alpha value is -3.62. The third-order valence-electron chi connectivity index (χ3n) is 5.53. The van der Waals surface area contributed by atoms with Crippen LogP contribution in [0.4, 0.5) is 0 Å². The number of carboxylic acids is 1. The van der Waals surface area contributed by atoms with Crippen LogP contribution in [0.15, 0.2) is 40.2 Å². The molecule has 0 saturated heterocycles. The Morgan fingerprint density at radius 1 is 1.08 bits per heavy atom. The lowest BCUT2D eigenvalue weighted by molar-refractivity contribution is -0.145. The number of ether oxygens (including phenoxy) is 3. The standard InChI is InChI=1S/C25H37N5O8S/c1-4-37-21-14-17-8-9-19(13-18(17)15-22(21)38-5-2)39(34,35)29-20(7-6-10-28-25(26)27)24(33)30(11-12-36-3)16-23(31)32/h8-9,13-15,20,29H,4-7,10-12,16H2,1-3H3,(H,31,32)(H4,26,27,28). The molecule has 1 amide bonds. The molecule has 1 atom stereocenters. The Balaban J connectivity index is 2.41. The predicted molar refractivity (Wildman–Crippen MR) is 146 cm³/mol. The number of fused-ring (bicyclic) bond motifs is 1. The van der Waals surface area contributed by atoms with Crippen molar-refractivity contribution in [3.8, 4) is 11.5 Å². The number of carbonyl (C=O) groups is 2. The first-order valence-corrected chi connectivity index (χ1v) is 13.9. The lowest BCUT2D eigenvalue weighted by Gasteiger charge is -2.26. The van der Waals surface area contributed by atoms with Crippen molar-refractivity contribution < 1.29 is 37.3 Å². The van der Waals surface area contributed by atoms with E-state index in [2.05, 4.69) is 9.71 Å². The lowest BCUT2D eigenvalue weighted by Crippen LogP contribution is -2.50. The van der Waals surface area contributed by atoms with Gasteiger partial charge in [-0.15, -0.1) is 0 Å². The van der Waals surface area contributed by atoms with E-state index in [0.29, 0.717) is 30.1 Å². The Morgan fingerprint density at radius 3 is 2.28 bits per heavy atom. The summed E-state index contributed by atoms with van der Waals surface area (Å²) in [6.07, 6.45) is 0.287. The smallest absolute Gasteiger partial charge is 0.323 e. The lowest BCUT2D eigenvalue weighted by atomic mass is 10.1. The minimum absolute atomic E-state index is 0.0255. The van der Waals surface area contributed by atoms with E-state index in [1.54, 1.807) is 18.2 Å². The maximum Gasteiger partial charge on any atom is 0.323 e. The highest BCUT2D eigenvalue weighted by molar-refractivity contribution is 7.89. The summed E-state index contributed by atoms with van der Waals surface area (Å²) < 4.78 is 45.6. The van der Waals surface area contributed by atoms with Gasteiger partial charge in [0.05, 0.1) is 24.7 Å². The van der Waals surface area contributed by atoms with Gasteiger partial charge in [0.1, 0.15) is 12.6 Å². The van der Waals surface area contributed by atoms with E-state index < -0.39 is 34.5 Å². The number of carboxylic acid groups (broad SMARTS) is 1. The van der Waals surface area contributed by atoms with Crippen LogP contribution in [-0.4, -0.2) is 88.9 Å². The molecule has 0 saturated carbocycles. The molecule has 0 aliphatic carbocycles. The minimum atomic E-state index is -4.21. The number of sulfonamides is 1. The summed E-state index contributed by atoms with van der Waals surface area (Å²) in [5.41, 5.74) is 10.7. The highest BCUT2D eigenvalue weighted by Gasteiger charge is 2.30. The molecule has 2 rings (SSSR count). The number of hydrogen-bond donors (Lipinski definition) is 4. The number of carbonyl (C=O) groups excluding carboxylic acids is 1. The van der Waals surface area contributed by atoms with Crippen molar-refractivity contribution in [1.29, 1.82) is 0 Å². The molecule has 14 heteroatoms. The first-order valence-electron chi connectivity index (χ1n) is 12.4. The number of rotatable bonds is 17. The highest BCUT2D eigenvalue weighted by Crippen LogP contribution is 2.33. The van der Waals surface area contributed by atoms with Crippen LogP contribution in [0.25, 0.3) is 10.8 Å². The molecule has 216 valence electrons. The van der Waals surface area contributed by atoms with Crippen LogP contribution in [0.2, 0.25) is 0 Å². The molecule has 0 aliphatic rings.